The Kier molecular flexibility index (Phi) is 8.38. The van der Waals surface area contributed by atoms with Crippen LogP contribution in [0.15, 0.2) is 72.8 Å². The number of likely N-dealkylation sites (tertiary alicyclic amines) is 1. The van der Waals surface area contributed by atoms with E-state index in [1.807, 2.05) is 81.4 Å². The van der Waals surface area contributed by atoms with Gasteiger partial charge < -0.3 is 20.6 Å². The molecule has 7 nitrogen and oxygen atoms in total. The first-order valence-corrected chi connectivity index (χ1v) is 13.2. The Hall–Kier alpha value is -3.42. The third-order valence-electron chi connectivity index (χ3n) is 6.62. The van der Waals surface area contributed by atoms with E-state index in [0.29, 0.717) is 5.56 Å². The summed E-state index contributed by atoms with van der Waals surface area (Å²) >= 11 is 6.37. The van der Waals surface area contributed by atoms with E-state index < -0.39 is 40.9 Å². The second kappa shape index (κ2) is 11.5. The molecule has 3 aromatic rings. The normalized spacial score (nSPS) is 19.1. The fraction of sp³-hybridized carbons (Fsp3) is 0.367. The average molecular weight is 536 g/mol. The van der Waals surface area contributed by atoms with Crippen molar-refractivity contribution in [3.05, 3.63) is 83.9 Å². The predicted octanol–water partition coefficient (Wildman–Crippen LogP) is 3.66. The zero-order valence-electron chi connectivity index (χ0n) is 21.9. The first-order valence-electron chi connectivity index (χ1n) is 12.8. The van der Waals surface area contributed by atoms with E-state index in [4.69, 9.17) is 11.6 Å². The van der Waals surface area contributed by atoms with Crippen molar-refractivity contribution in [1.29, 1.82) is 0 Å². The van der Waals surface area contributed by atoms with Gasteiger partial charge in [0.05, 0.1) is 11.4 Å². The maximum atomic E-state index is 13.6. The fourth-order valence-electron chi connectivity index (χ4n) is 4.85. The van der Waals surface area contributed by atoms with Crippen molar-refractivity contribution in [2.24, 2.45) is 0 Å². The van der Waals surface area contributed by atoms with Crippen LogP contribution in [0.3, 0.4) is 0 Å². The van der Waals surface area contributed by atoms with Crippen molar-refractivity contribution in [3.63, 3.8) is 0 Å². The number of carbonyl (C=O) groups excluding carboxylic acids is 3. The molecule has 200 valence electrons. The monoisotopic (exact) mass is 535 g/mol. The maximum absolute atomic E-state index is 13.6. The number of hydrogen-bond donors (Lipinski definition) is 3. The van der Waals surface area contributed by atoms with Gasteiger partial charge in [-0.3, -0.25) is 14.4 Å². The Bertz CT molecular complexity index is 1300. The highest BCUT2D eigenvalue weighted by Crippen LogP contribution is 2.25. The first kappa shape index (κ1) is 27.6. The van der Waals surface area contributed by atoms with Crippen LogP contribution < -0.4 is 10.6 Å². The number of nitrogens with zero attached hydrogens (tertiary/aromatic N) is 1. The topological polar surface area (TPSA) is 98.7 Å². The van der Waals surface area contributed by atoms with E-state index in [2.05, 4.69) is 10.6 Å². The van der Waals surface area contributed by atoms with Crippen molar-refractivity contribution >= 4 is 40.1 Å². The number of fused-ring (bicyclic) bond motifs is 1. The molecule has 0 unspecified atom stereocenters. The molecule has 3 aromatic carbocycles. The lowest BCUT2D eigenvalue weighted by atomic mass is 9.98. The summed E-state index contributed by atoms with van der Waals surface area (Å²) in [5.41, 5.74) is 0.809. The first-order chi connectivity index (χ1) is 18.0. The third-order valence-corrected chi connectivity index (χ3v) is 6.93. The lowest BCUT2D eigenvalue weighted by Crippen LogP contribution is -2.57. The Labute approximate surface area is 228 Å². The molecule has 4 atom stereocenters. The van der Waals surface area contributed by atoms with Gasteiger partial charge in [-0.1, -0.05) is 66.7 Å². The summed E-state index contributed by atoms with van der Waals surface area (Å²) in [4.78, 5) is 41.4. The van der Waals surface area contributed by atoms with Crippen LogP contribution in [0, 0.1) is 0 Å². The molecule has 38 heavy (non-hydrogen) atoms. The van der Waals surface area contributed by atoms with Crippen LogP contribution in [0.2, 0.25) is 0 Å². The number of benzene rings is 3. The van der Waals surface area contributed by atoms with Gasteiger partial charge in [0.25, 0.3) is 11.8 Å². The summed E-state index contributed by atoms with van der Waals surface area (Å²) < 4.78 is 0. The largest absolute Gasteiger partial charge is 0.381 e. The van der Waals surface area contributed by atoms with Crippen LogP contribution in [-0.4, -0.2) is 63.4 Å². The zero-order chi connectivity index (χ0) is 27.4. The summed E-state index contributed by atoms with van der Waals surface area (Å²) in [6.45, 7) is 5.71. The van der Waals surface area contributed by atoms with Crippen molar-refractivity contribution in [2.75, 3.05) is 6.54 Å². The predicted molar refractivity (Wildman–Crippen MR) is 149 cm³/mol. The molecule has 0 aliphatic carbocycles. The van der Waals surface area contributed by atoms with Gasteiger partial charge in [0.2, 0.25) is 5.91 Å². The Morgan fingerprint density at radius 3 is 2.37 bits per heavy atom. The van der Waals surface area contributed by atoms with Crippen molar-refractivity contribution < 1.29 is 19.5 Å². The van der Waals surface area contributed by atoms with Crippen LogP contribution in [0.4, 0.5) is 0 Å². The minimum Gasteiger partial charge on any atom is -0.381 e. The van der Waals surface area contributed by atoms with Gasteiger partial charge in [-0.05, 0) is 56.0 Å². The molecule has 1 saturated heterocycles. The molecule has 3 N–H and O–H groups in total. The number of hydrogen-bond acceptors (Lipinski definition) is 4. The van der Waals surface area contributed by atoms with E-state index in [1.54, 1.807) is 12.1 Å². The molecule has 1 aliphatic rings. The van der Waals surface area contributed by atoms with Crippen molar-refractivity contribution in [2.45, 2.75) is 62.7 Å². The maximum Gasteiger partial charge on any atom is 0.254 e. The molecule has 0 saturated carbocycles. The Morgan fingerprint density at radius 2 is 1.66 bits per heavy atom. The van der Waals surface area contributed by atoms with E-state index in [0.717, 1.165) is 16.3 Å². The highest BCUT2D eigenvalue weighted by Gasteiger charge is 2.43. The number of aliphatic hydroxyl groups is 1. The minimum atomic E-state index is -1.58. The molecule has 1 fully saturated rings. The standard InChI is InChI=1S/C30H34ClN3O4/c1-30(2,3)33-28(37)25-17-21(31)18-34(25)29(38)26(35)24(16-19-10-5-4-6-11-19)32-27(36)23-15-9-13-20-12-7-8-14-22(20)23/h4-15,21,24-26,35H,16-18H2,1-3H3,(H,32,36)(H,33,37)/t21-,24-,25-,26-/m0/s1. The third kappa shape index (κ3) is 6.52. The zero-order valence-corrected chi connectivity index (χ0v) is 22.6. The number of carbonyl (C=O) groups is 3. The summed E-state index contributed by atoms with van der Waals surface area (Å²) in [5, 5.41) is 18.4. The van der Waals surface area contributed by atoms with Crippen LogP contribution >= 0.6 is 11.6 Å². The minimum absolute atomic E-state index is 0.134. The molecule has 1 aliphatic heterocycles. The lowest BCUT2D eigenvalue weighted by Gasteiger charge is -2.32. The van der Waals surface area contributed by atoms with Crippen LogP contribution in [-0.2, 0) is 16.0 Å². The average Bonchev–Trinajstić information content (AvgIpc) is 3.28. The number of halogens is 1. The summed E-state index contributed by atoms with van der Waals surface area (Å²) in [6, 6.07) is 20.6. The fourth-order valence-corrected chi connectivity index (χ4v) is 5.17. The smallest absolute Gasteiger partial charge is 0.254 e. The molecule has 4 rings (SSSR count). The second-order valence-electron chi connectivity index (χ2n) is 10.8. The summed E-state index contributed by atoms with van der Waals surface area (Å²) in [5.74, 6) is -1.35. The molecular formula is C30H34ClN3O4. The molecule has 8 heteroatoms. The Morgan fingerprint density at radius 1 is 1.00 bits per heavy atom. The molecule has 0 aromatic heterocycles. The molecule has 0 spiro atoms. The number of alkyl halides is 1. The van der Waals surface area contributed by atoms with Gasteiger partial charge in [-0.2, -0.15) is 0 Å². The number of rotatable bonds is 7. The van der Waals surface area contributed by atoms with E-state index in [9.17, 15) is 19.5 Å². The molecule has 0 bridgehead atoms. The molecule has 1 heterocycles. The summed E-state index contributed by atoms with van der Waals surface area (Å²) in [6.07, 6.45) is -1.07. The lowest BCUT2D eigenvalue weighted by molar-refractivity contribution is -0.146. The van der Waals surface area contributed by atoms with Crippen molar-refractivity contribution in [3.8, 4) is 0 Å². The second-order valence-corrected chi connectivity index (χ2v) is 11.4. The van der Waals surface area contributed by atoms with Crippen LogP contribution in [0.5, 0.6) is 0 Å². The molecule has 0 radical (unpaired) electrons. The number of nitrogens with one attached hydrogen (secondary N) is 2. The van der Waals surface area contributed by atoms with Gasteiger partial charge in [-0.25, -0.2) is 0 Å². The van der Waals surface area contributed by atoms with Gasteiger partial charge in [0.15, 0.2) is 6.10 Å². The number of amides is 3. The SMILES string of the molecule is CC(C)(C)NC(=O)[C@@H]1C[C@H](Cl)CN1C(=O)[C@@H](O)[C@H](Cc1ccccc1)NC(=O)c1cccc2ccccc12. The van der Waals surface area contributed by atoms with Crippen LogP contribution in [0.25, 0.3) is 10.8 Å². The van der Waals surface area contributed by atoms with Gasteiger partial charge in [0.1, 0.15) is 6.04 Å². The summed E-state index contributed by atoms with van der Waals surface area (Å²) in [7, 11) is 0. The molecule has 3 amide bonds. The van der Waals surface area contributed by atoms with Gasteiger partial charge in [0, 0.05) is 17.6 Å². The van der Waals surface area contributed by atoms with E-state index in [-0.39, 0.29) is 25.3 Å². The van der Waals surface area contributed by atoms with Crippen LogP contribution in [0.1, 0.15) is 43.1 Å². The van der Waals surface area contributed by atoms with E-state index in [1.165, 1.54) is 4.90 Å². The number of aliphatic hydroxyl groups excluding tert-OH is 1. The highest BCUT2D eigenvalue weighted by molar-refractivity contribution is 6.21. The molecular weight excluding hydrogens is 502 g/mol. The van der Waals surface area contributed by atoms with E-state index >= 15 is 0 Å². The van der Waals surface area contributed by atoms with Gasteiger partial charge >= 0.3 is 0 Å². The Balaban J connectivity index is 1.60. The quantitative estimate of drug-likeness (QED) is 0.402. The van der Waals surface area contributed by atoms with Gasteiger partial charge in [-0.15, -0.1) is 11.6 Å². The highest BCUT2D eigenvalue weighted by atomic mass is 35.5. The van der Waals surface area contributed by atoms with Crippen molar-refractivity contribution in [1.82, 2.24) is 15.5 Å².